The topological polar surface area (TPSA) is 187 Å². The summed E-state index contributed by atoms with van der Waals surface area (Å²) in [6.45, 7) is 10.8. The van der Waals surface area contributed by atoms with Crippen LogP contribution < -0.4 is 21.3 Å². The zero-order valence-electron chi connectivity index (χ0n) is 31.5. The number of anilines is 2. The predicted molar refractivity (Wildman–Crippen MR) is 209 cm³/mol. The average Bonchev–Trinajstić information content (AvgIpc) is 3.76. The van der Waals surface area contributed by atoms with Gasteiger partial charge in [-0.1, -0.05) is 57.2 Å². The fourth-order valence-electron chi connectivity index (χ4n) is 7.34. The molecule has 0 saturated carbocycles. The highest BCUT2D eigenvalue weighted by molar-refractivity contribution is 7.13. The first-order valence-electron chi connectivity index (χ1n) is 18.4. The van der Waals surface area contributed by atoms with Gasteiger partial charge in [0.25, 0.3) is 0 Å². The third-order valence-electron chi connectivity index (χ3n) is 10.5. The quantitative estimate of drug-likeness (QED) is 0.150. The number of hydrogen-bond donors (Lipinski definition) is 5. The van der Waals surface area contributed by atoms with Crippen LogP contribution in [0.15, 0.2) is 60.1 Å². The van der Waals surface area contributed by atoms with Crippen LogP contribution in [0.25, 0.3) is 21.7 Å². The van der Waals surface area contributed by atoms with Crippen LogP contribution >= 0.6 is 11.3 Å². The van der Waals surface area contributed by atoms with Gasteiger partial charge in [-0.05, 0) is 67.3 Å². The van der Waals surface area contributed by atoms with E-state index in [4.69, 9.17) is 5.73 Å². The van der Waals surface area contributed by atoms with Gasteiger partial charge in [0, 0.05) is 38.0 Å². The molecule has 286 valence electrons. The Morgan fingerprint density at radius 1 is 1.04 bits per heavy atom. The maximum Gasteiger partial charge on any atom is 0.246 e. The third-order valence-corrected chi connectivity index (χ3v) is 11.4. The average molecular weight is 755 g/mol. The van der Waals surface area contributed by atoms with Gasteiger partial charge in [0.2, 0.25) is 17.7 Å². The van der Waals surface area contributed by atoms with Crippen LogP contribution in [0.1, 0.15) is 70.7 Å². The molecule has 0 unspecified atom stereocenters. The molecule has 0 radical (unpaired) electrons. The summed E-state index contributed by atoms with van der Waals surface area (Å²) in [5, 5.41) is 35.3. The van der Waals surface area contributed by atoms with Crippen molar-refractivity contribution >= 4 is 40.6 Å². The number of nitrogens with zero attached hydrogens (tertiary/aromatic N) is 5. The Kier molecular flexibility index (Phi) is 11.5. The molecule has 2 fully saturated rings. The lowest BCUT2D eigenvalue weighted by atomic mass is 9.85. The van der Waals surface area contributed by atoms with E-state index in [0.717, 1.165) is 40.2 Å². The number of carbonyl (C=O) groups excluding carboxylic acids is 3. The number of aromatic nitrogens is 3. The molecule has 2 aromatic carbocycles. The van der Waals surface area contributed by atoms with E-state index >= 15 is 0 Å². The molecule has 4 atom stereocenters. The Morgan fingerprint density at radius 3 is 2.39 bits per heavy atom. The number of phenolic OH excluding ortho intramolecular Hbond substituents is 1. The SMILES string of the molecule is Cc1ncsc1-c1ccc([C@H](C)NC(=O)[C@@H]2C[C@@H](O)CN2C(=O)[C@@H](NC(=O)CC2CCN(c3cc(-c4ccccc4O)nnc3N)CC2)C(C)(C)C)cc1. The molecular formula is C40H50N8O5S. The summed E-state index contributed by atoms with van der Waals surface area (Å²) in [7, 11) is 0. The zero-order valence-corrected chi connectivity index (χ0v) is 32.3. The first-order chi connectivity index (χ1) is 25.7. The van der Waals surface area contributed by atoms with Crippen molar-refractivity contribution in [3.63, 3.8) is 0 Å². The number of nitrogens with one attached hydrogen (secondary N) is 2. The Hall–Kier alpha value is -5.08. The number of nitrogens with two attached hydrogens (primary N) is 1. The van der Waals surface area contributed by atoms with Crippen LogP contribution in [-0.4, -0.2) is 85.8 Å². The van der Waals surface area contributed by atoms with E-state index in [-0.39, 0.29) is 54.8 Å². The molecule has 13 nitrogen and oxygen atoms in total. The van der Waals surface area contributed by atoms with Crippen molar-refractivity contribution in [2.45, 2.75) is 84.5 Å². The van der Waals surface area contributed by atoms with Crippen LogP contribution in [-0.2, 0) is 14.4 Å². The largest absolute Gasteiger partial charge is 0.507 e. The number of β-amino-alcohol motifs (C(OH)–C–C–N with tert-alkyl or cyclic N) is 1. The lowest BCUT2D eigenvalue weighted by molar-refractivity contribution is -0.144. The van der Waals surface area contributed by atoms with Gasteiger partial charge in [-0.3, -0.25) is 14.4 Å². The lowest BCUT2D eigenvalue weighted by Crippen LogP contribution is -2.58. The van der Waals surface area contributed by atoms with Gasteiger partial charge in [0.05, 0.1) is 39.6 Å². The minimum atomic E-state index is -0.902. The second-order valence-corrected chi connectivity index (χ2v) is 16.4. The molecule has 4 aromatic rings. The second-order valence-electron chi connectivity index (χ2n) is 15.5. The molecule has 0 spiro atoms. The number of rotatable bonds is 10. The van der Waals surface area contributed by atoms with Crippen molar-refractivity contribution in [1.29, 1.82) is 0 Å². The molecule has 6 N–H and O–H groups in total. The van der Waals surface area contributed by atoms with Gasteiger partial charge in [-0.25, -0.2) is 4.98 Å². The Morgan fingerprint density at radius 2 is 1.74 bits per heavy atom. The summed E-state index contributed by atoms with van der Waals surface area (Å²) in [5.74, 6) is -0.492. The van der Waals surface area contributed by atoms with E-state index in [1.807, 2.05) is 76.5 Å². The maximum atomic E-state index is 14.2. The van der Waals surface area contributed by atoms with Crippen molar-refractivity contribution in [3.8, 4) is 27.4 Å². The molecule has 2 aliphatic rings. The van der Waals surface area contributed by atoms with Gasteiger partial charge in [0.15, 0.2) is 5.82 Å². The number of aliphatic hydroxyl groups excluding tert-OH is 1. The molecule has 2 saturated heterocycles. The number of thiazole rings is 1. The van der Waals surface area contributed by atoms with Gasteiger partial charge < -0.3 is 36.4 Å². The summed E-state index contributed by atoms with van der Waals surface area (Å²) in [6, 6.07) is 14.6. The molecule has 0 bridgehead atoms. The summed E-state index contributed by atoms with van der Waals surface area (Å²) in [6.07, 6.45) is 0.945. The first kappa shape index (κ1) is 38.6. The number of benzene rings is 2. The van der Waals surface area contributed by atoms with Crippen molar-refractivity contribution in [2.24, 2.45) is 11.3 Å². The number of likely N-dealkylation sites (tertiary alicyclic amines) is 1. The summed E-state index contributed by atoms with van der Waals surface area (Å²) < 4.78 is 0. The Balaban J connectivity index is 1.06. The molecule has 2 aliphatic heterocycles. The fraction of sp³-hybridized carbons (Fsp3) is 0.450. The van der Waals surface area contributed by atoms with E-state index in [1.54, 1.807) is 29.5 Å². The molecule has 54 heavy (non-hydrogen) atoms. The smallest absolute Gasteiger partial charge is 0.246 e. The number of carbonyl (C=O) groups is 3. The summed E-state index contributed by atoms with van der Waals surface area (Å²) >= 11 is 1.58. The minimum absolute atomic E-state index is 0.00765. The van der Waals surface area contributed by atoms with Crippen LogP contribution in [0.3, 0.4) is 0 Å². The molecule has 6 rings (SSSR count). The maximum absolute atomic E-state index is 14.2. The summed E-state index contributed by atoms with van der Waals surface area (Å²) in [5.41, 5.74) is 12.1. The third kappa shape index (κ3) is 8.65. The number of nitrogen functional groups attached to an aromatic ring is 1. The normalized spacial score (nSPS) is 19.0. The van der Waals surface area contributed by atoms with Crippen LogP contribution in [0.2, 0.25) is 0 Å². The van der Waals surface area contributed by atoms with Crippen LogP contribution in [0.4, 0.5) is 11.5 Å². The van der Waals surface area contributed by atoms with Crippen LogP contribution in [0.5, 0.6) is 5.75 Å². The predicted octanol–water partition coefficient (Wildman–Crippen LogP) is 4.84. The first-order valence-corrected chi connectivity index (χ1v) is 19.3. The molecule has 14 heteroatoms. The number of piperidine rings is 1. The lowest BCUT2D eigenvalue weighted by Gasteiger charge is -2.36. The van der Waals surface area contributed by atoms with Gasteiger partial charge >= 0.3 is 0 Å². The van der Waals surface area contributed by atoms with Crippen molar-refractivity contribution in [3.05, 3.63) is 71.4 Å². The van der Waals surface area contributed by atoms with Gasteiger partial charge in [-0.15, -0.1) is 21.5 Å². The van der Waals surface area contributed by atoms with E-state index in [9.17, 15) is 24.6 Å². The number of aromatic hydroxyl groups is 1. The number of hydrogen-bond acceptors (Lipinski definition) is 11. The Bertz CT molecular complexity index is 1970. The van der Waals surface area contributed by atoms with Gasteiger partial charge in [-0.2, -0.15) is 0 Å². The Labute approximate surface area is 320 Å². The van der Waals surface area contributed by atoms with E-state index in [2.05, 4.69) is 30.7 Å². The number of aryl methyl sites for hydroxylation is 1. The highest BCUT2D eigenvalue weighted by Gasteiger charge is 2.45. The molecule has 3 amide bonds. The van der Waals surface area contributed by atoms with Gasteiger partial charge in [0.1, 0.15) is 17.8 Å². The molecule has 0 aliphatic carbocycles. The van der Waals surface area contributed by atoms with E-state index < -0.39 is 23.6 Å². The van der Waals surface area contributed by atoms with Crippen molar-refractivity contribution in [2.75, 3.05) is 30.3 Å². The number of phenols is 1. The zero-order chi connectivity index (χ0) is 38.7. The second kappa shape index (κ2) is 16.1. The number of aliphatic hydroxyl groups is 1. The summed E-state index contributed by atoms with van der Waals surface area (Å²) in [4.78, 5) is 50.3. The fourth-order valence-corrected chi connectivity index (χ4v) is 8.15. The molecule has 4 heterocycles. The molecular weight excluding hydrogens is 705 g/mol. The van der Waals surface area contributed by atoms with E-state index in [1.165, 1.54) is 4.90 Å². The molecule has 2 aromatic heterocycles. The minimum Gasteiger partial charge on any atom is -0.507 e. The number of para-hydroxylation sites is 1. The van der Waals surface area contributed by atoms with Crippen LogP contribution in [0, 0.1) is 18.3 Å². The monoisotopic (exact) mass is 754 g/mol. The standard InChI is InChI=1S/C40H50N8O5S/c1-23(26-10-12-27(13-11-26)35-24(2)42-22-54-35)43-38(52)32-19-28(49)21-48(32)39(53)36(40(3,4)5)44-34(51)18-25-14-16-47(17-15-25)31-20-30(45-46-37(31)41)29-8-6-7-9-33(29)50/h6-13,20,22-23,25,28,32,36,49-50H,14-19,21H2,1-5H3,(H2,41,46)(H,43,52)(H,44,51)/t23-,28+,32-,36+/m0/s1. The highest BCUT2D eigenvalue weighted by atomic mass is 32.1. The highest BCUT2D eigenvalue weighted by Crippen LogP contribution is 2.34. The van der Waals surface area contributed by atoms with Crippen molar-refractivity contribution in [1.82, 2.24) is 30.7 Å². The number of amides is 3. The van der Waals surface area contributed by atoms with E-state index in [0.29, 0.717) is 30.2 Å². The van der Waals surface area contributed by atoms with Crippen molar-refractivity contribution < 1.29 is 24.6 Å².